The average Bonchev–Trinajstić information content (AvgIpc) is 3.21. The Labute approximate surface area is 161 Å². The number of aryl methyl sites for hydroxylation is 2. The fourth-order valence-corrected chi connectivity index (χ4v) is 4.38. The predicted molar refractivity (Wildman–Crippen MR) is 106 cm³/mol. The number of aromatic nitrogens is 1. The highest BCUT2D eigenvalue weighted by Crippen LogP contribution is 2.32. The van der Waals surface area contributed by atoms with Gasteiger partial charge in [-0.25, -0.2) is 0 Å². The van der Waals surface area contributed by atoms with Gasteiger partial charge >= 0.3 is 0 Å². The van der Waals surface area contributed by atoms with Crippen LogP contribution in [0.15, 0.2) is 48.0 Å². The number of fused-ring (bicyclic) bond motifs is 2. The Hall–Kier alpha value is -2.86. The summed E-state index contributed by atoms with van der Waals surface area (Å²) < 4.78 is 13.9. The van der Waals surface area contributed by atoms with Crippen molar-refractivity contribution in [3.8, 4) is 11.5 Å². The molecule has 2 heterocycles. The van der Waals surface area contributed by atoms with Crippen LogP contribution in [0, 0.1) is 13.8 Å². The lowest BCUT2D eigenvalue weighted by Gasteiger charge is -2.03. The van der Waals surface area contributed by atoms with Crippen LogP contribution in [-0.4, -0.2) is 17.3 Å². The van der Waals surface area contributed by atoms with Gasteiger partial charge in [0, 0.05) is 6.54 Å². The summed E-state index contributed by atoms with van der Waals surface area (Å²) in [5.41, 5.74) is 4.33. The van der Waals surface area contributed by atoms with Crippen LogP contribution in [0.3, 0.4) is 0 Å². The Bertz CT molecular complexity index is 1120. The molecule has 27 heavy (non-hydrogen) atoms. The number of ether oxygens (including phenoxy) is 2. The zero-order chi connectivity index (χ0) is 19.0. The molecule has 4 rings (SSSR count). The number of carbonyl (C=O) groups excluding carboxylic acids is 1. The number of rotatable bonds is 4. The fourth-order valence-electron chi connectivity index (χ4n) is 3.28. The molecule has 138 valence electrons. The van der Waals surface area contributed by atoms with E-state index >= 15 is 0 Å². The molecule has 2 aromatic carbocycles. The summed E-state index contributed by atoms with van der Waals surface area (Å²) in [5.74, 6) is 1.20. The highest BCUT2D eigenvalue weighted by atomic mass is 32.1. The predicted octanol–water partition coefficient (Wildman–Crippen LogP) is 3.90. The lowest BCUT2D eigenvalue weighted by molar-refractivity contribution is -0.117. The molecule has 0 atom stereocenters. The number of benzene rings is 2. The van der Waals surface area contributed by atoms with Gasteiger partial charge in [0.2, 0.25) is 6.79 Å². The van der Waals surface area contributed by atoms with Crippen LogP contribution in [0.5, 0.6) is 11.5 Å². The fraction of sp³-hybridized carbons (Fsp3) is 0.238. The van der Waals surface area contributed by atoms with Crippen molar-refractivity contribution in [1.29, 1.82) is 0 Å². The first kappa shape index (κ1) is 17.5. The van der Waals surface area contributed by atoms with Crippen LogP contribution in [0.2, 0.25) is 0 Å². The van der Waals surface area contributed by atoms with Gasteiger partial charge < -0.3 is 14.0 Å². The zero-order valence-corrected chi connectivity index (χ0v) is 16.1. The van der Waals surface area contributed by atoms with E-state index in [0.717, 1.165) is 15.8 Å². The molecule has 0 unspecified atom stereocenters. The van der Waals surface area contributed by atoms with Crippen molar-refractivity contribution in [1.82, 2.24) is 4.57 Å². The van der Waals surface area contributed by atoms with Gasteiger partial charge in [-0.15, -0.1) is 6.58 Å². The summed E-state index contributed by atoms with van der Waals surface area (Å²) in [7, 11) is 0. The molecule has 0 spiro atoms. The van der Waals surface area contributed by atoms with Gasteiger partial charge in [0.15, 0.2) is 16.3 Å². The molecule has 1 amide bonds. The van der Waals surface area contributed by atoms with Crippen LogP contribution in [0.4, 0.5) is 0 Å². The van der Waals surface area contributed by atoms with Crippen LogP contribution in [0.25, 0.3) is 10.2 Å². The van der Waals surface area contributed by atoms with E-state index in [1.807, 2.05) is 28.8 Å². The van der Waals surface area contributed by atoms with E-state index in [9.17, 15) is 4.79 Å². The summed E-state index contributed by atoms with van der Waals surface area (Å²) >= 11 is 1.54. The quantitative estimate of drug-likeness (QED) is 0.645. The monoisotopic (exact) mass is 380 g/mol. The molecule has 0 saturated heterocycles. The zero-order valence-electron chi connectivity index (χ0n) is 15.3. The smallest absolute Gasteiger partial charge is 0.252 e. The molecule has 0 bridgehead atoms. The van der Waals surface area contributed by atoms with Crippen molar-refractivity contribution in [2.24, 2.45) is 4.99 Å². The van der Waals surface area contributed by atoms with Crippen LogP contribution >= 0.6 is 11.3 Å². The summed E-state index contributed by atoms with van der Waals surface area (Å²) in [5, 5.41) is 0. The molecule has 0 saturated carbocycles. The third-order valence-corrected chi connectivity index (χ3v) is 5.67. The summed E-state index contributed by atoms with van der Waals surface area (Å²) in [6.07, 6.45) is 2.04. The van der Waals surface area contributed by atoms with Gasteiger partial charge in [0.25, 0.3) is 5.91 Å². The number of carbonyl (C=O) groups is 1. The molecule has 0 radical (unpaired) electrons. The minimum Gasteiger partial charge on any atom is -0.454 e. The largest absolute Gasteiger partial charge is 0.454 e. The molecule has 3 aromatic rings. The Kier molecular flexibility index (Phi) is 4.58. The first-order chi connectivity index (χ1) is 13.0. The number of hydrogen-bond acceptors (Lipinski definition) is 4. The SMILES string of the molecule is C=CCn1c(=NC(=O)Cc2ccc3c(c2)OCO3)sc2c(C)cc(C)cc21. The third-order valence-electron chi connectivity index (χ3n) is 4.44. The van der Waals surface area contributed by atoms with Crippen LogP contribution in [-0.2, 0) is 17.8 Å². The number of amides is 1. The molecular weight excluding hydrogens is 360 g/mol. The summed E-state index contributed by atoms with van der Waals surface area (Å²) in [6.45, 7) is 8.83. The van der Waals surface area contributed by atoms with E-state index in [1.54, 1.807) is 11.3 Å². The van der Waals surface area contributed by atoms with E-state index in [0.29, 0.717) is 22.8 Å². The molecule has 0 fully saturated rings. The number of thiazole rings is 1. The first-order valence-corrected chi connectivity index (χ1v) is 9.54. The molecule has 5 nitrogen and oxygen atoms in total. The van der Waals surface area contributed by atoms with E-state index in [-0.39, 0.29) is 19.1 Å². The minimum absolute atomic E-state index is 0.187. The molecular formula is C21H20N2O3S. The van der Waals surface area contributed by atoms with Crippen molar-refractivity contribution in [2.45, 2.75) is 26.8 Å². The normalized spacial score (nSPS) is 13.3. The Morgan fingerprint density at radius 2 is 2.07 bits per heavy atom. The Morgan fingerprint density at radius 1 is 1.26 bits per heavy atom. The molecule has 0 N–H and O–H groups in total. The van der Waals surface area contributed by atoms with Gasteiger partial charge in [-0.3, -0.25) is 4.79 Å². The number of nitrogens with zero attached hydrogens (tertiary/aromatic N) is 2. The van der Waals surface area contributed by atoms with Gasteiger partial charge in [0.1, 0.15) is 0 Å². The first-order valence-electron chi connectivity index (χ1n) is 8.72. The van der Waals surface area contributed by atoms with Crippen molar-refractivity contribution in [3.05, 3.63) is 64.5 Å². The van der Waals surface area contributed by atoms with Crippen molar-refractivity contribution in [2.75, 3.05) is 6.79 Å². The molecule has 1 aliphatic rings. The van der Waals surface area contributed by atoms with Crippen molar-refractivity contribution >= 4 is 27.5 Å². The van der Waals surface area contributed by atoms with Gasteiger partial charge in [0.05, 0.1) is 16.6 Å². The second-order valence-electron chi connectivity index (χ2n) is 6.58. The topological polar surface area (TPSA) is 52.8 Å². The van der Waals surface area contributed by atoms with E-state index in [2.05, 4.69) is 37.6 Å². The molecule has 1 aliphatic heterocycles. The lowest BCUT2D eigenvalue weighted by Crippen LogP contribution is -2.17. The van der Waals surface area contributed by atoms with E-state index < -0.39 is 0 Å². The average molecular weight is 380 g/mol. The van der Waals surface area contributed by atoms with Crippen molar-refractivity contribution in [3.63, 3.8) is 0 Å². The molecule has 6 heteroatoms. The summed E-state index contributed by atoms with van der Waals surface area (Å²) in [6, 6.07) is 9.82. The van der Waals surface area contributed by atoms with Gasteiger partial charge in [-0.1, -0.05) is 29.5 Å². The second kappa shape index (κ2) is 7.04. The highest BCUT2D eigenvalue weighted by Gasteiger charge is 2.15. The van der Waals surface area contributed by atoms with E-state index in [1.165, 1.54) is 11.1 Å². The summed E-state index contributed by atoms with van der Waals surface area (Å²) in [4.78, 5) is 17.7. The molecule has 1 aromatic heterocycles. The maximum absolute atomic E-state index is 12.6. The van der Waals surface area contributed by atoms with Crippen LogP contribution in [0.1, 0.15) is 16.7 Å². The number of allylic oxidation sites excluding steroid dienone is 1. The Morgan fingerprint density at radius 3 is 2.89 bits per heavy atom. The Balaban J connectivity index is 1.71. The number of hydrogen-bond donors (Lipinski definition) is 0. The van der Waals surface area contributed by atoms with Gasteiger partial charge in [-0.2, -0.15) is 4.99 Å². The van der Waals surface area contributed by atoms with Crippen LogP contribution < -0.4 is 14.3 Å². The van der Waals surface area contributed by atoms with Gasteiger partial charge in [-0.05, 0) is 48.7 Å². The maximum Gasteiger partial charge on any atom is 0.252 e. The third kappa shape index (κ3) is 3.40. The molecule has 0 aliphatic carbocycles. The standard InChI is InChI=1S/C21H20N2O3S/c1-4-7-23-16-9-13(2)8-14(3)20(16)27-21(23)22-19(24)11-15-5-6-17-18(10-15)26-12-25-17/h4-6,8-10H,1,7,11-12H2,2-3H3. The van der Waals surface area contributed by atoms with Crippen molar-refractivity contribution < 1.29 is 14.3 Å². The minimum atomic E-state index is -0.187. The second-order valence-corrected chi connectivity index (χ2v) is 7.56. The maximum atomic E-state index is 12.6. The lowest BCUT2D eigenvalue weighted by atomic mass is 10.1. The highest BCUT2D eigenvalue weighted by molar-refractivity contribution is 7.16. The van der Waals surface area contributed by atoms with E-state index in [4.69, 9.17) is 9.47 Å².